The first-order valence-electron chi connectivity index (χ1n) is 5.15. The maximum atomic E-state index is 13.6. The third kappa shape index (κ3) is 3.13. The number of halogens is 3. The number of pyridine rings is 1. The third-order valence-corrected chi connectivity index (χ3v) is 3.47. The molecule has 3 N–H and O–H groups in total. The number of carbonyl (C=O) groups excluding carboxylic acids is 1. The van der Waals surface area contributed by atoms with E-state index in [-0.39, 0.29) is 11.4 Å². The molecule has 1 aromatic carbocycles. The van der Waals surface area contributed by atoms with Crippen molar-refractivity contribution in [3.05, 3.63) is 50.4 Å². The van der Waals surface area contributed by atoms with Gasteiger partial charge >= 0.3 is 0 Å². The molecule has 4 nitrogen and oxygen atoms in total. The summed E-state index contributed by atoms with van der Waals surface area (Å²) in [4.78, 5) is 15.5. The van der Waals surface area contributed by atoms with E-state index in [1.165, 1.54) is 12.3 Å². The van der Waals surface area contributed by atoms with Gasteiger partial charge in [-0.1, -0.05) is 11.6 Å². The Hall–Kier alpha value is -1.41. The Morgan fingerprint density at radius 3 is 2.84 bits per heavy atom. The van der Waals surface area contributed by atoms with Gasteiger partial charge in [-0.3, -0.25) is 4.79 Å². The quantitative estimate of drug-likeness (QED) is 0.772. The van der Waals surface area contributed by atoms with Crippen molar-refractivity contribution in [3.8, 4) is 0 Å². The molecule has 0 unspecified atom stereocenters. The van der Waals surface area contributed by atoms with E-state index < -0.39 is 11.7 Å². The van der Waals surface area contributed by atoms with Crippen LogP contribution in [0.4, 0.5) is 15.9 Å². The van der Waals surface area contributed by atoms with E-state index in [1.54, 1.807) is 18.2 Å². The topological polar surface area (TPSA) is 68.0 Å². The third-order valence-electron chi connectivity index (χ3n) is 2.34. The number of hydrogen-bond donors (Lipinski definition) is 2. The van der Waals surface area contributed by atoms with Crippen LogP contribution in [-0.4, -0.2) is 10.9 Å². The Labute approximate surface area is 127 Å². The van der Waals surface area contributed by atoms with Crippen LogP contribution >= 0.6 is 34.2 Å². The Morgan fingerprint density at radius 2 is 2.16 bits per heavy atom. The minimum atomic E-state index is -0.830. The number of hydrogen-bond acceptors (Lipinski definition) is 3. The van der Waals surface area contributed by atoms with Crippen molar-refractivity contribution in [2.75, 3.05) is 11.1 Å². The minimum Gasteiger partial charge on any atom is -0.381 e. The van der Waals surface area contributed by atoms with Crippen LogP contribution in [0.2, 0.25) is 5.02 Å². The van der Waals surface area contributed by atoms with E-state index in [9.17, 15) is 9.18 Å². The molecule has 1 amide bonds. The summed E-state index contributed by atoms with van der Waals surface area (Å²) in [5.74, 6) is -1.73. The maximum absolute atomic E-state index is 13.6. The largest absolute Gasteiger partial charge is 0.381 e. The normalized spacial score (nSPS) is 10.3. The average Bonchev–Trinajstić information content (AvgIpc) is 2.36. The summed E-state index contributed by atoms with van der Waals surface area (Å²) in [7, 11) is 0. The van der Waals surface area contributed by atoms with Gasteiger partial charge in [0.05, 0.1) is 11.3 Å². The fourth-order valence-electron chi connectivity index (χ4n) is 1.42. The van der Waals surface area contributed by atoms with Gasteiger partial charge in [-0.2, -0.15) is 0 Å². The summed E-state index contributed by atoms with van der Waals surface area (Å²) in [5.41, 5.74) is 5.71. The Balaban J connectivity index is 2.28. The monoisotopic (exact) mass is 391 g/mol. The zero-order valence-electron chi connectivity index (χ0n) is 9.45. The van der Waals surface area contributed by atoms with Crippen LogP contribution in [0.25, 0.3) is 0 Å². The number of nitrogens with two attached hydrogens (primary N) is 1. The van der Waals surface area contributed by atoms with Gasteiger partial charge in [-0.05, 0) is 46.9 Å². The molecule has 0 bridgehead atoms. The summed E-state index contributed by atoms with van der Waals surface area (Å²) < 4.78 is 14.4. The Kier molecular flexibility index (Phi) is 4.20. The van der Waals surface area contributed by atoms with Crippen LogP contribution in [0.15, 0.2) is 30.5 Å². The van der Waals surface area contributed by atoms with E-state index in [1.807, 2.05) is 22.6 Å². The number of amides is 1. The molecule has 1 aromatic heterocycles. The van der Waals surface area contributed by atoms with Crippen molar-refractivity contribution in [3.63, 3.8) is 0 Å². The minimum absolute atomic E-state index is 0.154. The predicted octanol–water partition coefficient (Wildman–Crippen LogP) is 3.31. The Morgan fingerprint density at radius 1 is 1.42 bits per heavy atom. The molecule has 19 heavy (non-hydrogen) atoms. The molecule has 2 aromatic rings. The van der Waals surface area contributed by atoms with Crippen LogP contribution in [-0.2, 0) is 0 Å². The van der Waals surface area contributed by atoms with Crippen molar-refractivity contribution in [2.45, 2.75) is 0 Å². The van der Waals surface area contributed by atoms with Gasteiger partial charge < -0.3 is 11.1 Å². The summed E-state index contributed by atoms with van der Waals surface area (Å²) >= 11 is 7.84. The van der Waals surface area contributed by atoms with E-state index in [4.69, 9.17) is 17.3 Å². The highest BCUT2D eigenvalue weighted by atomic mass is 127. The molecule has 0 radical (unpaired) electrons. The van der Waals surface area contributed by atoms with Crippen molar-refractivity contribution in [1.29, 1.82) is 0 Å². The molecule has 0 spiro atoms. The molecule has 98 valence electrons. The molecule has 0 aliphatic rings. The highest BCUT2D eigenvalue weighted by Gasteiger charge is 2.15. The van der Waals surface area contributed by atoms with Gasteiger partial charge in [0.15, 0.2) is 11.6 Å². The number of benzene rings is 1. The number of anilines is 2. The molecule has 0 atom stereocenters. The number of aromatic nitrogens is 1. The molecule has 0 saturated heterocycles. The van der Waals surface area contributed by atoms with Gasteiger partial charge in [0, 0.05) is 14.8 Å². The fraction of sp³-hybridized carbons (Fsp3) is 0. The molecule has 0 saturated carbocycles. The number of nitrogens with one attached hydrogen (secondary N) is 1. The highest BCUT2D eigenvalue weighted by Crippen LogP contribution is 2.23. The van der Waals surface area contributed by atoms with Crippen LogP contribution in [0.3, 0.4) is 0 Å². The molecule has 0 aliphatic heterocycles. The molecule has 0 fully saturated rings. The second kappa shape index (κ2) is 5.70. The van der Waals surface area contributed by atoms with Gasteiger partial charge in [0.25, 0.3) is 5.91 Å². The second-order valence-corrected chi connectivity index (χ2v) is 5.23. The lowest BCUT2D eigenvalue weighted by Crippen LogP contribution is -2.15. The van der Waals surface area contributed by atoms with Crippen molar-refractivity contribution < 1.29 is 9.18 Å². The number of nitrogens with zero attached hydrogens (tertiary/aromatic N) is 1. The first-order valence-corrected chi connectivity index (χ1v) is 6.61. The van der Waals surface area contributed by atoms with Gasteiger partial charge in [0.1, 0.15) is 0 Å². The molecule has 0 aliphatic carbocycles. The molecule has 7 heteroatoms. The zero-order chi connectivity index (χ0) is 14.0. The second-order valence-electron chi connectivity index (χ2n) is 3.64. The summed E-state index contributed by atoms with van der Waals surface area (Å²) in [6.45, 7) is 0. The average molecular weight is 392 g/mol. The first kappa shape index (κ1) is 14.0. The van der Waals surface area contributed by atoms with Crippen LogP contribution in [0, 0.1) is 9.39 Å². The van der Waals surface area contributed by atoms with Gasteiger partial charge in [-0.25, -0.2) is 9.37 Å². The summed E-state index contributed by atoms with van der Waals surface area (Å²) in [5, 5.41) is 3.15. The van der Waals surface area contributed by atoms with E-state index in [2.05, 4.69) is 10.3 Å². The van der Waals surface area contributed by atoms with Crippen LogP contribution in [0.5, 0.6) is 0 Å². The van der Waals surface area contributed by atoms with Crippen molar-refractivity contribution in [2.24, 2.45) is 0 Å². The number of nitrogen functional groups attached to an aromatic ring is 1. The summed E-state index contributed by atoms with van der Waals surface area (Å²) in [6.07, 6.45) is 1.28. The van der Waals surface area contributed by atoms with Crippen molar-refractivity contribution in [1.82, 2.24) is 4.98 Å². The van der Waals surface area contributed by atoms with E-state index in [0.29, 0.717) is 10.7 Å². The smallest absolute Gasteiger partial charge is 0.258 e. The van der Waals surface area contributed by atoms with Gasteiger partial charge in [0.2, 0.25) is 0 Å². The van der Waals surface area contributed by atoms with Crippen LogP contribution < -0.4 is 11.1 Å². The summed E-state index contributed by atoms with van der Waals surface area (Å²) in [6, 6.07) is 6.24. The number of carbonyl (C=O) groups is 1. The molecule has 1 heterocycles. The fourth-order valence-corrected chi connectivity index (χ4v) is 2.42. The maximum Gasteiger partial charge on any atom is 0.258 e. The lowest BCUT2D eigenvalue weighted by atomic mass is 10.2. The zero-order valence-corrected chi connectivity index (χ0v) is 12.4. The molecule has 2 rings (SSSR count). The van der Waals surface area contributed by atoms with Crippen molar-refractivity contribution >= 4 is 51.6 Å². The molecular formula is C12H8ClFIN3O. The molecular weight excluding hydrogens is 384 g/mol. The lowest BCUT2D eigenvalue weighted by molar-refractivity contribution is 0.102. The van der Waals surface area contributed by atoms with Crippen LogP contribution in [0.1, 0.15) is 10.4 Å². The lowest BCUT2D eigenvalue weighted by Gasteiger charge is -2.08. The van der Waals surface area contributed by atoms with E-state index in [0.717, 1.165) is 3.57 Å². The first-order chi connectivity index (χ1) is 8.99. The SMILES string of the molecule is Nc1nccc(C(=O)Nc2ccc(Cl)cc2I)c1F. The predicted molar refractivity (Wildman–Crippen MR) is 80.7 cm³/mol. The van der Waals surface area contributed by atoms with Gasteiger partial charge in [-0.15, -0.1) is 0 Å². The standard InChI is InChI=1S/C12H8ClFIN3O/c13-6-1-2-9(8(15)5-6)18-12(19)7-3-4-17-11(16)10(7)14/h1-5H,(H2,16,17)(H,18,19). The highest BCUT2D eigenvalue weighted by molar-refractivity contribution is 14.1. The van der Waals surface area contributed by atoms with E-state index >= 15 is 0 Å². The Bertz CT molecular complexity index is 651. The number of rotatable bonds is 2.